The van der Waals surface area contributed by atoms with Gasteiger partial charge in [-0.3, -0.25) is 4.90 Å². The predicted octanol–water partition coefficient (Wildman–Crippen LogP) is 1.87. The predicted molar refractivity (Wildman–Crippen MR) is 94.2 cm³/mol. The van der Waals surface area contributed by atoms with E-state index in [-0.39, 0.29) is 12.1 Å². The molecule has 5 heteroatoms. The van der Waals surface area contributed by atoms with Gasteiger partial charge in [0, 0.05) is 44.0 Å². The van der Waals surface area contributed by atoms with E-state index in [1.165, 1.54) is 5.56 Å². The largest absolute Gasteiger partial charge is 0.387 e. The van der Waals surface area contributed by atoms with Gasteiger partial charge in [0.1, 0.15) is 11.6 Å². The van der Waals surface area contributed by atoms with Crippen LogP contribution in [0.25, 0.3) is 0 Å². The average Bonchev–Trinajstić information content (AvgIpc) is 2.91. The molecule has 1 saturated heterocycles. The molecular formula is C19H24N4O. The lowest BCUT2D eigenvalue weighted by Gasteiger charge is -2.39. The summed E-state index contributed by atoms with van der Waals surface area (Å²) in [5.74, 6) is 1.85. The van der Waals surface area contributed by atoms with Crippen molar-refractivity contribution in [1.82, 2.24) is 14.9 Å². The third-order valence-corrected chi connectivity index (χ3v) is 5.23. The van der Waals surface area contributed by atoms with Crippen molar-refractivity contribution in [2.75, 3.05) is 31.1 Å². The van der Waals surface area contributed by atoms with E-state index in [0.29, 0.717) is 0 Å². The first-order valence-corrected chi connectivity index (χ1v) is 8.69. The van der Waals surface area contributed by atoms with Gasteiger partial charge in [-0.25, -0.2) is 9.97 Å². The maximum Gasteiger partial charge on any atom is 0.132 e. The number of fused-ring (bicyclic) bond motifs is 1. The van der Waals surface area contributed by atoms with Crippen LogP contribution in [0.2, 0.25) is 0 Å². The number of nitrogens with zero attached hydrogens (tertiary/aromatic N) is 4. The first kappa shape index (κ1) is 15.5. The van der Waals surface area contributed by atoms with Crippen LogP contribution in [0.3, 0.4) is 0 Å². The quantitative estimate of drug-likeness (QED) is 0.914. The molecule has 1 aromatic carbocycles. The van der Waals surface area contributed by atoms with Crippen LogP contribution in [0.1, 0.15) is 28.7 Å². The Bertz CT molecular complexity index is 720. The highest BCUT2D eigenvalue weighted by atomic mass is 16.3. The maximum atomic E-state index is 10.7. The van der Waals surface area contributed by atoms with Gasteiger partial charge in [-0.1, -0.05) is 24.3 Å². The molecule has 1 aliphatic carbocycles. The molecule has 1 fully saturated rings. The highest BCUT2D eigenvalue weighted by molar-refractivity contribution is 5.41. The minimum Gasteiger partial charge on any atom is -0.387 e. The molecular weight excluding hydrogens is 300 g/mol. The van der Waals surface area contributed by atoms with Crippen molar-refractivity contribution in [3.8, 4) is 0 Å². The minimum absolute atomic E-state index is 0.207. The Morgan fingerprint density at radius 2 is 1.79 bits per heavy atom. The molecule has 1 aliphatic heterocycles. The van der Waals surface area contributed by atoms with Gasteiger partial charge in [0.25, 0.3) is 0 Å². The first-order chi connectivity index (χ1) is 11.6. The highest BCUT2D eigenvalue weighted by Crippen LogP contribution is 2.34. The van der Waals surface area contributed by atoms with E-state index in [2.05, 4.69) is 44.0 Å². The third kappa shape index (κ3) is 2.78. The molecule has 126 valence electrons. The van der Waals surface area contributed by atoms with Crippen LogP contribution >= 0.6 is 0 Å². The molecule has 0 saturated carbocycles. The van der Waals surface area contributed by atoms with Crippen molar-refractivity contribution in [3.63, 3.8) is 0 Å². The van der Waals surface area contributed by atoms with Gasteiger partial charge in [-0.2, -0.15) is 0 Å². The molecule has 1 aromatic heterocycles. The van der Waals surface area contributed by atoms with E-state index in [9.17, 15) is 5.11 Å². The molecule has 0 spiro atoms. The molecule has 5 nitrogen and oxygen atoms in total. The summed E-state index contributed by atoms with van der Waals surface area (Å²) in [6, 6.07) is 10.5. The van der Waals surface area contributed by atoms with Crippen molar-refractivity contribution in [2.45, 2.75) is 32.4 Å². The fraction of sp³-hybridized carbons (Fsp3) is 0.474. The van der Waals surface area contributed by atoms with E-state index in [1.807, 2.05) is 19.9 Å². The summed E-state index contributed by atoms with van der Waals surface area (Å²) in [7, 11) is 0. The lowest BCUT2D eigenvalue weighted by molar-refractivity contribution is 0.0571. The number of hydrogen-bond donors (Lipinski definition) is 1. The van der Waals surface area contributed by atoms with Crippen LogP contribution in [-0.4, -0.2) is 52.2 Å². The monoisotopic (exact) mass is 324 g/mol. The van der Waals surface area contributed by atoms with E-state index in [1.54, 1.807) is 0 Å². The second-order valence-corrected chi connectivity index (χ2v) is 6.85. The summed E-state index contributed by atoms with van der Waals surface area (Å²) in [6.07, 6.45) is 0.583. The molecule has 1 N–H and O–H groups in total. The van der Waals surface area contributed by atoms with Crippen LogP contribution in [0, 0.1) is 13.8 Å². The molecule has 0 amide bonds. The van der Waals surface area contributed by atoms with Gasteiger partial charge in [0.2, 0.25) is 0 Å². The number of hydrogen-bond acceptors (Lipinski definition) is 5. The van der Waals surface area contributed by atoms with Crippen molar-refractivity contribution >= 4 is 5.82 Å². The number of aliphatic hydroxyl groups excluding tert-OH is 1. The van der Waals surface area contributed by atoms with Gasteiger partial charge >= 0.3 is 0 Å². The molecule has 24 heavy (non-hydrogen) atoms. The Balaban J connectivity index is 1.44. The smallest absolute Gasteiger partial charge is 0.132 e. The molecule has 2 aliphatic rings. The van der Waals surface area contributed by atoms with Gasteiger partial charge in [-0.15, -0.1) is 0 Å². The Hall–Kier alpha value is -1.98. The van der Waals surface area contributed by atoms with Crippen LogP contribution < -0.4 is 4.90 Å². The number of piperazine rings is 1. The lowest BCUT2D eigenvalue weighted by Crippen LogP contribution is -2.51. The third-order valence-electron chi connectivity index (χ3n) is 5.23. The zero-order valence-electron chi connectivity index (χ0n) is 14.3. The summed E-state index contributed by atoms with van der Waals surface area (Å²) >= 11 is 0. The van der Waals surface area contributed by atoms with Crippen LogP contribution in [0.4, 0.5) is 5.82 Å². The van der Waals surface area contributed by atoms with Gasteiger partial charge < -0.3 is 10.0 Å². The normalized spacial score (nSPS) is 24.2. The van der Waals surface area contributed by atoms with E-state index in [4.69, 9.17) is 0 Å². The Morgan fingerprint density at radius 3 is 2.50 bits per heavy atom. The summed E-state index contributed by atoms with van der Waals surface area (Å²) in [6.45, 7) is 7.75. The second-order valence-electron chi connectivity index (χ2n) is 6.85. The van der Waals surface area contributed by atoms with Crippen LogP contribution in [0.15, 0.2) is 30.3 Å². The fourth-order valence-electron chi connectivity index (χ4n) is 4.02. The van der Waals surface area contributed by atoms with E-state index in [0.717, 1.165) is 55.5 Å². The number of aryl methyl sites for hydroxylation is 2. The second kappa shape index (κ2) is 6.15. The van der Waals surface area contributed by atoms with Crippen molar-refractivity contribution in [1.29, 1.82) is 0 Å². The van der Waals surface area contributed by atoms with Crippen LogP contribution in [-0.2, 0) is 6.42 Å². The molecule has 0 unspecified atom stereocenters. The zero-order valence-corrected chi connectivity index (χ0v) is 14.3. The zero-order chi connectivity index (χ0) is 16.7. The topological polar surface area (TPSA) is 52.5 Å². The van der Waals surface area contributed by atoms with E-state index < -0.39 is 0 Å². The highest BCUT2D eigenvalue weighted by Gasteiger charge is 2.36. The van der Waals surface area contributed by atoms with Crippen molar-refractivity contribution in [3.05, 3.63) is 53.0 Å². The molecule has 0 bridgehead atoms. The Morgan fingerprint density at radius 1 is 1.04 bits per heavy atom. The summed E-state index contributed by atoms with van der Waals surface area (Å²) in [5, 5.41) is 10.7. The molecule has 2 atom stereocenters. The number of rotatable bonds is 2. The Kier molecular flexibility index (Phi) is 3.98. The molecule has 2 heterocycles. The lowest BCUT2D eigenvalue weighted by atomic mass is 10.1. The van der Waals surface area contributed by atoms with Gasteiger partial charge in [0.05, 0.1) is 6.10 Å². The van der Waals surface area contributed by atoms with Crippen LogP contribution in [0.5, 0.6) is 0 Å². The fourth-order valence-corrected chi connectivity index (χ4v) is 4.02. The molecule has 2 aromatic rings. The molecule has 0 radical (unpaired) electrons. The number of aliphatic hydroxyl groups is 1. The number of benzene rings is 1. The first-order valence-electron chi connectivity index (χ1n) is 8.69. The Labute approximate surface area is 143 Å². The summed E-state index contributed by atoms with van der Waals surface area (Å²) < 4.78 is 0. The standard InChI is InChI=1S/C19H24N4O/c1-13-11-18(21-14(2)20-13)23-9-7-22(8-10-23)17-12-15-5-3-4-6-16(15)19(17)24/h3-6,11,17,19,24H,7-10,12H2,1-2H3/t17-,19+/m0/s1. The van der Waals surface area contributed by atoms with E-state index >= 15 is 0 Å². The average molecular weight is 324 g/mol. The van der Waals surface area contributed by atoms with Crippen molar-refractivity contribution in [2.24, 2.45) is 0 Å². The van der Waals surface area contributed by atoms with Gasteiger partial charge in [-0.05, 0) is 31.4 Å². The number of aromatic nitrogens is 2. The summed E-state index contributed by atoms with van der Waals surface area (Å²) in [4.78, 5) is 13.7. The SMILES string of the molecule is Cc1cc(N2CCN([C@H]3Cc4ccccc4[C@H]3O)CC2)nc(C)n1. The number of anilines is 1. The minimum atomic E-state index is -0.365. The van der Waals surface area contributed by atoms with Crippen molar-refractivity contribution < 1.29 is 5.11 Å². The molecule has 4 rings (SSSR count). The summed E-state index contributed by atoms with van der Waals surface area (Å²) in [5.41, 5.74) is 3.41. The van der Waals surface area contributed by atoms with Gasteiger partial charge in [0.15, 0.2) is 0 Å². The maximum absolute atomic E-state index is 10.7.